The molecule has 2 atom stereocenters. The number of carbonyl (C=O) groups excluding carboxylic acids is 2. The monoisotopic (exact) mass is 850 g/mol. The fourth-order valence-electron chi connectivity index (χ4n) is 8.34. The van der Waals surface area contributed by atoms with Gasteiger partial charge < -0.3 is 40.3 Å². The lowest BCUT2D eigenvalue weighted by molar-refractivity contribution is -0.137. The molecule has 0 bridgehead atoms. The van der Waals surface area contributed by atoms with Crippen molar-refractivity contribution in [1.82, 2.24) is 35.4 Å². The molecule has 3 aromatic heterocycles. The van der Waals surface area contributed by atoms with Gasteiger partial charge in [0.2, 0.25) is 23.6 Å². The van der Waals surface area contributed by atoms with E-state index in [1.807, 2.05) is 18.2 Å². The van der Waals surface area contributed by atoms with E-state index in [4.69, 9.17) is 26.1 Å². The maximum atomic E-state index is 14.6. The number of nitrogens with one attached hydrogen (secondary N) is 3. The van der Waals surface area contributed by atoms with Crippen LogP contribution in [0.5, 0.6) is 11.8 Å². The molecule has 7 rings (SSSR count). The van der Waals surface area contributed by atoms with Crippen LogP contribution in [-0.2, 0) is 35.3 Å². The number of alkyl halides is 3. The van der Waals surface area contributed by atoms with Crippen LogP contribution in [0.25, 0.3) is 22.5 Å². The smallest absolute Gasteiger partial charge is 0.419 e. The van der Waals surface area contributed by atoms with Crippen molar-refractivity contribution in [3.63, 3.8) is 0 Å². The molecular formula is C42H46ClF3N8O6. The lowest BCUT2D eigenvalue weighted by Crippen LogP contribution is -2.47. The summed E-state index contributed by atoms with van der Waals surface area (Å²) in [4.78, 5) is 52.5. The summed E-state index contributed by atoms with van der Waals surface area (Å²) in [5.74, 6) is -0.145. The Kier molecular flexibility index (Phi) is 12.7. The highest BCUT2D eigenvalue weighted by molar-refractivity contribution is 6.35. The lowest BCUT2D eigenvalue weighted by atomic mass is 9.98. The van der Waals surface area contributed by atoms with E-state index < -0.39 is 23.9 Å². The first-order chi connectivity index (χ1) is 28.7. The van der Waals surface area contributed by atoms with Crippen molar-refractivity contribution in [2.24, 2.45) is 0 Å². The number of hydrogen-bond donors (Lipinski definition) is 4. The van der Waals surface area contributed by atoms with Gasteiger partial charge in [-0.3, -0.25) is 14.6 Å². The molecule has 0 spiro atoms. The molecule has 2 fully saturated rings. The van der Waals surface area contributed by atoms with Gasteiger partial charge in [-0.25, -0.2) is 9.78 Å². The maximum Gasteiger partial charge on any atom is 0.419 e. The summed E-state index contributed by atoms with van der Waals surface area (Å²) in [6, 6.07) is 10.9. The van der Waals surface area contributed by atoms with Crippen molar-refractivity contribution < 1.29 is 42.1 Å². The molecule has 1 aliphatic carbocycles. The molecule has 2 saturated heterocycles. The van der Waals surface area contributed by atoms with Gasteiger partial charge in [0, 0.05) is 80.1 Å². The summed E-state index contributed by atoms with van der Waals surface area (Å²) < 4.78 is 54.8. The second kappa shape index (κ2) is 17.9. The van der Waals surface area contributed by atoms with E-state index in [1.54, 1.807) is 29.3 Å². The third kappa shape index (κ3) is 9.06. The molecule has 2 aliphatic heterocycles. The third-order valence-corrected chi connectivity index (χ3v) is 11.8. The topological polar surface area (TPSA) is 171 Å². The van der Waals surface area contributed by atoms with Crippen molar-refractivity contribution in [1.29, 1.82) is 0 Å². The number of ether oxygens (including phenoxy) is 2. The van der Waals surface area contributed by atoms with Crippen LogP contribution >= 0.6 is 11.6 Å². The number of carbonyl (C=O) groups is 3. The SMILES string of the molecule is COc1nc(-c2ccnc(-c3cccc4c3CC[C@@H]4Nc3nc(OC)c(CNC[C@@H]4CCC(=O)N4)cc3C(F)(F)F)c2Cl)ccc1CN(C(=O)O)C1CCN(C(C)=O)CC1. The first-order valence-corrected chi connectivity index (χ1v) is 20.1. The lowest BCUT2D eigenvalue weighted by Gasteiger charge is -2.37. The van der Waals surface area contributed by atoms with Gasteiger partial charge in [0.15, 0.2) is 0 Å². The van der Waals surface area contributed by atoms with E-state index in [0.29, 0.717) is 85.7 Å². The number of hydrogen-bond acceptors (Lipinski definition) is 10. The van der Waals surface area contributed by atoms with E-state index in [2.05, 4.69) is 25.9 Å². The minimum absolute atomic E-state index is 0.0354. The third-order valence-electron chi connectivity index (χ3n) is 11.4. The Balaban J connectivity index is 1.11. The van der Waals surface area contributed by atoms with Crippen molar-refractivity contribution in [2.75, 3.05) is 39.2 Å². The van der Waals surface area contributed by atoms with Gasteiger partial charge in [0.05, 0.1) is 48.8 Å². The Labute approximate surface area is 349 Å². The molecule has 3 aliphatic rings. The van der Waals surface area contributed by atoms with Crippen molar-refractivity contribution in [3.8, 4) is 34.3 Å². The Bertz CT molecular complexity index is 2270. The van der Waals surface area contributed by atoms with Crippen LogP contribution in [-0.4, -0.2) is 93.7 Å². The second-order valence-corrected chi connectivity index (χ2v) is 15.5. The van der Waals surface area contributed by atoms with Gasteiger partial charge >= 0.3 is 12.3 Å². The quantitative estimate of drug-likeness (QED) is 0.111. The number of halogens is 4. The summed E-state index contributed by atoms with van der Waals surface area (Å²) >= 11 is 7.10. The minimum atomic E-state index is -4.71. The molecule has 14 nitrogen and oxygen atoms in total. The number of rotatable bonds is 13. The highest BCUT2D eigenvalue weighted by Crippen LogP contribution is 2.44. The molecule has 3 amide bonds. The number of fused-ring (bicyclic) bond motifs is 1. The van der Waals surface area contributed by atoms with E-state index in [0.717, 1.165) is 22.8 Å². The Hall–Kier alpha value is -5.68. The molecule has 1 aromatic carbocycles. The first-order valence-electron chi connectivity index (χ1n) is 19.7. The van der Waals surface area contributed by atoms with E-state index >= 15 is 0 Å². The second-order valence-electron chi connectivity index (χ2n) is 15.1. The molecule has 0 saturated carbocycles. The summed E-state index contributed by atoms with van der Waals surface area (Å²) in [5.41, 5.74) is 3.76. The van der Waals surface area contributed by atoms with Gasteiger partial charge in [-0.05, 0) is 67.5 Å². The standard InChI is InChI=1S/C42H46ClF3N8O6/c1-23(55)53-17-14-27(15-18-53)54(41(57)58)22-24-7-10-34(51-39(24)59-2)31-13-16-48-37(36(31)43)30-6-4-5-29-28(30)9-11-33(29)50-38-32(42(44,45)46)19-25(40(52-38)60-3)20-47-21-26-8-12-35(56)49-26/h4-7,10,13,16,19,26-27,33,47H,8-9,11-12,14-15,17-18,20-22H2,1-3H3,(H,49,56)(H,50,52)(H,57,58)/t26-,33-/m0/s1. The van der Waals surface area contributed by atoms with Gasteiger partial charge in [0.1, 0.15) is 5.82 Å². The summed E-state index contributed by atoms with van der Waals surface area (Å²) in [5, 5.41) is 19.4. The Morgan fingerprint density at radius 3 is 2.42 bits per heavy atom. The largest absolute Gasteiger partial charge is 0.481 e. The number of likely N-dealkylation sites (tertiary alicyclic amines) is 1. The number of anilines is 1. The number of methoxy groups -OCH3 is 2. The number of carboxylic acid groups (broad SMARTS) is 1. The summed E-state index contributed by atoms with van der Waals surface area (Å²) in [7, 11) is 2.82. The van der Waals surface area contributed by atoms with Gasteiger partial charge in [0.25, 0.3) is 0 Å². The number of piperidine rings is 1. The normalized spacial score (nSPS) is 17.9. The van der Waals surface area contributed by atoms with Crippen LogP contribution in [0, 0.1) is 0 Å². The van der Waals surface area contributed by atoms with Crippen LogP contribution in [0.2, 0.25) is 5.02 Å². The average molecular weight is 851 g/mol. The van der Waals surface area contributed by atoms with Crippen LogP contribution in [0.4, 0.5) is 23.8 Å². The molecule has 318 valence electrons. The van der Waals surface area contributed by atoms with Gasteiger partial charge in [-0.15, -0.1) is 0 Å². The molecule has 4 N–H and O–H groups in total. The number of benzene rings is 1. The van der Waals surface area contributed by atoms with Gasteiger partial charge in [-0.1, -0.05) is 29.8 Å². The fourth-order valence-corrected chi connectivity index (χ4v) is 8.66. The highest BCUT2D eigenvalue weighted by atomic mass is 35.5. The molecule has 4 aromatic rings. The number of amides is 3. The molecule has 0 unspecified atom stereocenters. The zero-order valence-corrected chi connectivity index (χ0v) is 34.1. The number of aromatic nitrogens is 3. The zero-order valence-electron chi connectivity index (χ0n) is 33.4. The average Bonchev–Trinajstić information content (AvgIpc) is 3.85. The van der Waals surface area contributed by atoms with Crippen LogP contribution in [0.3, 0.4) is 0 Å². The van der Waals surface area contributed by atoms with Gasteiger partial charge in [-0.2, -0.15) is 18.2 Å². The minimum Gasteiger partial charge on any atom is -0.481 e. The van der Waals surface area contributed by atoms with Crippen molar-refractivity contribution in [2.45, 2.75) is 82.8 Å². The Morgan fingerprint density at radius 1 is 1.00 bits per heavy atom. The van der Waals surface area contributed by atoms with E-state index in [-0.39, 0.29) is 60.1 Å². The van der Waals surface area contributed by atoms with Crippen LogP contribution in [0.15, 0.2) is 48.7 Å². The molecular weight excluding hydrogens is 805 g/mol. The zero-order chi connectivity index (χ0) is 42.7. The number of nitrogens with zero attached hydrogens (tertiary/aromatic N) is 5. The molecule has 0 radical (unpaired) electrons. The fraction of sp³-hybridized carbons (Fsp3) is 0.429. The first kappa shape index (κ1) is 42.4. The van der Waals surface area contributed by atoms with Crippen molar-refractivity contribution >= 4 is 35.3 Å². The Morgan fingerprint density at radius 2 is 1.75 bits per heavy atom. The maximum absolute atomic E-state index is 14.6. The number of pyridine rings is 3. The van der Waals surface area contributed by atoms with Crippen LogP contribution < -0.4 is 25.4 Å². The predicted octanol–water partition coefficient (Wildman–Crippen LogP) is 6.85. The highest BCUT2D eigenvalue weighted by Gasteiger charge is 2.38. The summed E-state index contributed by atoms with van der Waals surface area (Å²) in [6.45, 7) is 2.96. The molecule has 18 heteroatoms. The van der Waals surface area contributed by atoms with Crippen molar-refractivity contribution in [3.05, 3.63) is 81.5 Å². The van der Waals surface area contributed by atoms with Crippen LogP contribution in [0.1, 0.15) is 72.9 Å². The summed E-state index contributed by atoms with van der Waals surface area (Å²) in [6.07, 6.45) is -1.07. The van der Waals surface area contributed by atoms with E-state index in [9.17, 15) is 32.7 Å². The molecule has 5 heterocycles. The predicted molar refractivity (Wildman–Crippen MR) is 217 cm³/mol. The molecule has 60 heavy (non-hydrogen) atoms. The van der Waals surface area contributed by atoms with E-state index in [1.165, 1.54) is 26.0 Å².